The van der Waals surface area contributed by atoms with Crippen molar-refractivity contribution in [3.8, 4) is 0 Å². The van der Waals surface area contributed by atoms with Crippen molar-refractivity contribution in [3.05, 3.63) is 0 Å². The van der Waals surface area contributed by atoms with Gasteiger partial charge in [-0.25, -0.2) is 0 Å². The van der Waals surface area contributed by atoms with Gasteiger partial charge in [0.25, 0.3) is 0 Å². The van der Waals surface area contributed by atoms with Crippen LogP contribution < -0.4 is 0 Å². The lowest BCUT2D eigenvalue weighted by Gasteiger charge is -2.33. The minimum absolute atomic E-state index is 0.503. The van der Waals surface area contributed by atoms with Crippen LogP contribution in [-0.4, -0.2) is 44.0 Å². The molecule has 104 valence electrons. The summed E-state index contributed by atoms with van der Waals surface area (Å²) in [5, 5.41) is 0. The van der Waals surface area contributed by atoms with E-state index in [4.69, 9.17) is 21.8 Å². The first kappa shape index (κ1) is 17.2. The van der Waals surface area contributed by atoms with Crippen LogP contribution in [0.25, 0.3) is 0 Å². The lowest BCUT2D eigenvalue weighted by atomic mass is 10.9. The number of hydrogen-bond acceptors (Lipinski definition) is 5. The minimum atomic E-state index is -3.03. The maximum atomic E-state index is 5.98. The van der Waals surface area contributed by atoms with Crippen molar-refractivity contribution < 1.29 is 21.8 Å². The normalized spacial score (nSPS) is 13.1. The molecule has 0 unspecified atom stereocenters. The Morgan fingerprint density at radius 1 is 0.647 bits per heavy atom. The molecule has 17 heavy (non-hydrogen) atoms. The average Bonchev–Trinajstić information content (AvgIpc) is 2.17. The van der Waals surface area contributed by atoms with E-state index in [9.17, 15) is 0 Å². The summed E-state index contributed by atoms with van der Waals surface area (Å²) in [5.41, 5.74) is 0. The fraction of sp³-hybridized carbons (Fsp3) is 1.00. The van der Waals surface area contributed by atoms with Gasteiger partial charge in [0, 0.05) is 26.4 Å². The van der Waals surface area contributed by atoms with Gasteiger partial charge < -0.3 is 21.8 Å². The molecule has 0 aromatic heterocycles. The average molecular weight is 282 g/mol. The number of hydrogen-bond donors (Lipinski definition) is 0. The molecule has 0 aliphatic carbocycles. The van der Waals surface area contributed by atoms with Gasteiger partial charge in [-0.1, -0.05) is 0 Å². The molecule has 7 heteroatoms. The van der Waals surface area contributed by atoms with Gasteiger partial charge in [-0.15, -0.1) is 0 Å². The van der Waals surface area contributed by atoms with Crippen molar-refractivity contribution in [1.82, 2.24) is 0 Å². The maximum absolute atomic E-state index is 5.98. The second-order valence-electron chi connectivity index (χ2n) is 3.73. The van der Waals surface area contributed by atoms with Crippen LogP contribution in [0.1, 0.15) is 27.7 Å². The summed E-state index contributed by atoms with van der Waals surface area (Å²) in [6.45, 7) is 13.7. The van der Waals surface area contributed by atoms with E-state index in [0.29, 0.717) is 26.4 Å². The zero-order chi connectivity index (χ0) is 13.4. The van der Waals surface area contributed by atoms with Crippen LogP contribution in [0, 0.1) is 0 Å². The van der Waals surface area contributed by atoms with E-state index in [0.717, 1.165) is 0 Å². The minimum Gasteiger partial charge on any atom is -0.395 e. The Balaban J connectivity index is 4.74. The molecule has 0 fully saturated rings. The molecule has 0 aliphatic heterocycles. The third-order valence-corrected chi connectivity index (χ3v) is 7.70. The summed E-state index contributed by atoms with van der Waals surface area (Å²) in [4.78, 5) is 0. The molecule has 0 spiro atoms. The van der Waals surface area contributed by atoms with Crippen LogP contribution in [0.2, 0.25) is 13.1 Å². The molecular formula is C10H26O5Si2. The van der Waals surface area contributed by atoms with E-state index in [-0.39, 0.29) is 0 Å². The first-order valence-electron chi connectivity index (χ1n) is 6.21. The van der Waals surface area contributed by atoms with E-state index in [1.165, 1.54) is 0 Å². The second-order valence-corrected chi connectivity index (χ2v) is 9.50. The number of rotatable bonds is 10. The van der Waals surface area contributed by atoms with Crippen molar-refractivity contribution in [1.29, 1.82) is 0 Å². The van der Waals surface area contributed by atoms with E-state index in [1.54, 1.807) is 0 Å². The fourth-order valence-corrected chi connectivity index (χ4v) is 6.78. The topological polar surface area (TPSA) is 46.2 Å². The molecule has 0 bridgehead atoms. The zero-order valence-electron chi connectivity index (χ0n) is 11.9. The first-order valence-corrected chi connectivity index (χ1v) is 10.7. The fourth-order valence-electron chi connectivity index (χ4n) is 1.42. The molecular weight excluding hydrogens is 256 g/mol. The third-order valence-electron chi connectivity index (χ3n) is 1.83. The van der Waals surface area contributed by atoms with Crippen molar-refractivity contribution in [2.24, 2.45) is 0 Å². The summed E-state index contributed by atoms with van der Waals surface area (Å²) in [6, 6.07) is 0. The van der Waals surface area contributed by atoms with Gasteiger partial charge in [-0.2, -0.15) is 0 Å². The van der Waals surface area contributed by atoms with Gasteiger partial charge in [-0.05, 0) is 40.8 Å². The Labute approximate surface area is 107 Å². The van der Waals surface area contributed by atoms with Crippen LogP contribution in [0.4, 0.5) is 0 Å². The van der Waals surface area contributed by atoms with Crippen LogP contribution in [0.5, 0.6) is 0 Å². The van der Waals surface area contributed by atoms with Crippen molar-refractivity contribution in [2.45, 2.75) is 40.8 Å². The van der Waals surface area contributed by atoms with Crippen molar-refractivity contribution >= 4 is 17.6 Å². The molecule has 0 aliphatic rings. The molecule has 0 amide bonds. The smallest absolute Gasteiger partial charge is 0.395 e. The summed E-state index contributed by atoms with van der Waals surface area (Å²) >= 11 is 0. The third kappa shape index (κ3) is 6.65. The molecule has 0 aromatic rings. The maximum Gasteiger partial charge on any atom is 0.670 e. The Hall–Kier alpha value is 0.234. The second kappa shape index (κ2) is 8.36. The van der Waals surface area contributed by atoms with E-state index in [1.807, 2.05) is 40.8 Å². The van der Waals surface area contributed by atoms with E-state index < -0.39 is 17.6 Å². The lowest BCUT2D eigenvalue weighted by molar-refractivity contribution is -0.00161. The quantitative estimate of drug-likeness (QED) is 0.575. The molecule has 0 aromatic carbocycles. The van der Waals surface area contributed by atoms with Crippen LogP contribution in [0.15, 0.2) is 0 Å². The predicted octanol–water partition coefficient (Wildman–Crippen LogP) is 2.29. The summed E-state index contributed by atoms with van der Waals surface area (Å²) in [6.07, 6.45) is 0. The Morgan fingerprint density at radius 2 is 1.00 bits per heavy atom. The monoisotopic (exact) mass is 282 g/mol. The first-order chi connectivity index (χ1) is 7.95. The van der Waals surface area contributed by atoms with Gasteiger partial charge in [0.15, 0.2) is 0 Å². The van der Waals surface area contributed by atoms with Gasteiger partial charge in [0.1, 0.15) is 0 Å². The highest BCUT2D eigenvalue weighted by molar-refractivity contribution is 6.74. The standard InChI is InChI=1S/C10H26O5Si2/c1-7-11-16(5,6)15-17(12-8-2,13-9-3)14-10-4/h7-10H2,1-6H3. The van der Waals surface area contributed by atoms with Crippen molar-refractivity contribution in [2.75, 3.05) is 26.4 Å². The molecule has 0 radical (unpaired) electrons. The molecule has 0 atom stereocenters. The van der Waals surface area contributed by atoms with Gasteiger partial charge >= 0.3 is 17.6 Å². The van der Waals surface area contributed by atoms with Gasteiger partial charge in [0.05, 0.1) is 0 Å². The Morgan fingerprint density at radius 3 is 1.29 bits per heavy atom. The van der Waals surface area contributed by atoms with Crippen LogP contribution in [-0.2, 0) is 21.8 Å². The predicted molar refractivity (Wildman–Crippen MR) is 70.8 cm³/mol. The summed E-state index contributed by atoms with van der Waals surface area (Å²) < 4.78 is 28.5. The lowest BCUT2D eigenvalue weighted by Crippen LogP contribution is -2.57. The SMILES string of the molecule is CCO[Si](C)(C)O[Si](OCC)(OCC)OCC. The molecule has 0 heterocycles. The van der Waals surface area contributed by atoms with Crippen LogP contribution >= 0.6 is 0 Å². The van der Waals surface area contributed by atoms with Gasteiger partial charge in [-0.3, -0.25) is 0 Å². The van der Waals surface area contributed by atoms with E-state index in [2.05, 4.69) is 0 Å². The van der Waals surface area contributed by atoms with Gasteiger partial charge in [0.2, 0.25) is 0 Å². The molecule has 0 saturated heterocycles. The molecule has 5 nitrogen and oxygen atoms in total. The Kier molecular flexibility index (Phi) is 8.47. The highest BCUT2D eigenvalue weighted by Gasteiger charge is 2.50. The summed E-state index contributed by atoms with van der Waals surface area (Å²) in [5.74, 6) is 0. The Bertz CT molecular complexity index is 184. The molecule has 0 rings (SSSR count). The van der Waals surface area contributed by atoms with Crippen molar-refractivity contribution in [3.63, 3.8) is 0 Å². The van der Waals surface area contributed by atoms with E-state index >= 15 is 0 Å². The highest BCUT2D eigenvalue weighted by atomic mass is 28.5. The highest BCUT2D eigenvalue weighted by Crippen LogP contribution is 2.19. The van der Waals surface area contributed by atoms with Crippen LogP contribution in [0.3, 0.4) is 0 Å². The summed E-state index contributed by atoms with van der Waals surface area (Å²) in [7, 11) is -5.30. The largest absolute Gasteiger partial charge is 0.670 e. The zero-order valence-corrected chi connectivity index (χ0v) is 13.9. The molecule has 0 N–H and O–H groups in total. The molecule has 0 saturated carbocycles.